The Morgan fingerprint density at radius 1 is 1.14 bits per heavy atom. The maximum atomic E-state index is 12.6. The molecule has 0 unspecified atom stereocenters. The zero-order valence-corrected chi connectivity index (χ0v) is 21.0. The summed E-state index contributed by atoms with van der Waals surface area (Å²) >= 11 is 0. The summed E-state index contributed by atoms with van der Waals surface area (Å²) in [5, 5.41) is 8.82. The molecule has 0 radical (unpaired) electrons. The van der Waals surface area contributed by atoms with Crippen LogP contribution in [0.25, 0.3) is 0 Å². The van der Waals surface area contributed by atoms with Crippen molar-refractivity contribution in [2.45, 2.75) is 39.0 Å². The predicted octanol–water partition coefficient (Wildman–Crippen LogP) is 3.68. The molecule has 0 saturated carbocycles. The Bertz CT molecular complexity index is 1020. The number of rotatable bonds is 9. The number of amides is 2. The normalized spacial score (nSPS) is 17.7. The molecule has 10 heteroatoms. The van der Waals surface area contributed by atoms with Gasteiger partial charge in [-0.2, -0.15) is 5.26 Å². The number of carbonyl (C=O) groups excluding carboxylic acids is 2. The quantitative estimate of drug-likeness (QED) is 0.518. The first-order valence-corrected chi connectivity index (χ1v) is 12.0. The molecule has 1 aromatic carbocycles. The second-order valence-corrected chi connectivity index (χ2v) is 8.61. The van der Waals surface area contributed by atoms with E-state index in [1.165, 1.54) is 18.2 Å². The largest absolute Gasteiger partial charge is 0.476 e. The monoisotopic (exact) mass is 495 g/mol. The number of aromatic nitrogens is 1. The molecular weight excluding hydrogens is 462 g/mol. The van der Waals surface area contributed by atoms with Crippen molar-refractivity contribution in [3.8, 4) is 11.9 Å². The standard InChI is InChI=1S/C26H33N5O5/c1-20-17-29(25(32)36-19-22-8-5-4-6-9-22)18-21(2)30(20)14-15-35-24-11-10-23(16-28-24)31(13-7-12-27)26(33)34-3/h4-6,8-11,16,20-21H,7,13-15,17-19H2,1-3H3/t20-,21+. The topological polar surface area (TPSA) is 108 Å². The van der Waals surface area contributed by atoms with Crippen molar-refractivity contribution in [2.24, 2.45) is 0 Å². The highest BCUT2D eigenvalue weighted by atomic mass is 16.6. The van der Waals surface area contributed by atoms with Gasteiger partial charge in [-0.25, -0.2) is 14.6 Å². The van der Waals surface area contributed by atoms with E-state index in [1.807, 2.05) is 36.4 Å². The zero-order chi connectivity index (χ0) is 25.9. The van der Waals surface area contributed by atoms with Crippen LogP contribution < -0.4 is 9.64 Å². The Labute approximate surface area is 212 Å². The van der Waals surface area contributed by atoms with Gasteiger partial charge in [0.15, 0.2) is 0 Å². The molecular formula is C26H33N5O5. The average Bonchev–Trinajstić information content (AvgIpc) is 2.90. The number of methoxy groups -OCH3 is 1. The van der Waals surface area contributed by atoms with Gasteiger partial charge in [0, 0.05) is 44.3 Å². The smallest absolute Gasteiger partial charge is 0.414 e. The van der Waals surface area contributed by atoms with E-state index in [0.29, 0.717) is 37.8 Å². The molecule has 36 heavy (non-hydrogen) atoms. The highest BCUT2D eigenvalue weighted by Crippen LogP contribution is 2.19. The number of nitriles is 1. The first kappa shape index (κ1) is 26.8. The van der Waals surface area contributed by atoms with E-state index in [2.05, 4.69) is 23.7 Å². The van der Waals surface area contributed by atoms with Crippen molar-refractivity contribution in [1.82, 2.24) is 14.8 Å². The number of hydrogen-bond acceptors (Lipinski definition) is 8. The SMILES string of the molecule is COC(=O)N(CCC#N)c1ccc(OCCN2[C@H](C)CN(C(=O)OCc3ccccc3)C[C@@H]2C)nc1. The highest BCUT2D eigenvalue weighted by Gasteiger charge is 2.32. The van der Waals surface area contributed by atoms with Crippen LogP contribution in [0, 0.1) is 11.3 Å². The minimum Gasteiger partial charge on any atom is -0.476 e. The van der Waals surface area contributed by atoms with Crippen LogP contribution in [-0.4, -0.2) is 78.9 Å². The molecule has 192 valence electrons. The van der Waals surface area contributed by atoms with Crippen LogP contribution >= 0.6 is 0 Å². The summed E-state index contributed by atoms with van der Waals surface area (Å²) in [5.74, 6) is 0.437. The van der Waals surface area contributed by atoms with Crippen LogP contribution in [-0.2, 0) is 16.1 Å². The second kappa shape index (κ2) is 13.3. The average molecular weight is 496 g/mol. The van der Waals surface area contributed by atoms with Crippen molar-refractivity contribution < 1.29 is 23.8 Å². The van der Waals surface area contributed by atoms with E-state index in [9.17, 15) is 9.59 Å². The van der Waals surface area contributed by atoms with Crippen molar-refractivity contribution in [3.05, 3.63) is 54.2 Å². The molecule has 2 amide bonds. The fraction of sp³-hybridized carbons (Fsp3) is 0.462. The molecule has 1 saturated heterocycles. The van der Waals surface area contributed by atoms with Crippen molar-refractivity contribution in [3.63, 3.8) is 0 Å². The summed E-state index contributed by atoms with van der Waals surface area (Å²) in [6.07, 6.45) is 0.858. The Balaban J connectivity index is 1.46. The van der Waals surface area contributed by atoms with Crippen molar-refractivity contribution in [2.75, 3.05) is 44.8 Å². The summed E-state index contributed by atoms with van der Waals surface area (Å²) in [6, 6.07) is 15.3. The van der Waals surface area contributed by atoms with Gasteiger partial charge in [-0.1, -0.05) is 30.3 Å². The minimum atomic E-state index is -0.549. The molecule has 1 aromatic heterocycles. The van der Waals surface area contributed by atoms with Crippen LogP contribution in [0.2, 0.25) is 0 Å². The predicted molar refractivity (Wildman–Crippen MR) is 134 cm³/mol. The molecule has 0 bridgehead atoms. The number of ether oxygens (including phenoxy) is 3. The zero-order valence-electron chi connectivity index (χ0n) is 21.0. The number of pyridine rings is 1. The van der Waals surface area contributed by atoms with Crippen molar-refractivity contribution >= 4 is 17.9 Å². The molecule has 1 aliphatic rings. The fourth-order valence-electron chi connectivity index (χ4n) is 4.23. The Morgan fingerprint density at radius 3 is 2.47 bits per heavy atom. The first-order valence-electron chi connectivity index (χ1n) is 12.0. The van der Waals surface area contributed by atoms with Gasteiger partial charge >= 0.3 is 12.2 Å². The van der Waals surface area contributed by atoms with Crippen LogP contribution in [0.15, 0.2) is 48.7 Å². The van der Waals surface area contributed by atoms with Crippen LogP contribution in [0.3, 0.4) is 0 Å². The third-order valence-corrected chi connectivity index (χ3v) is 6.04. The number of benzene rings is 1. The summed E-state index contributed by atoms with van der Waals surface area (Å²) in [4.78, 5) is 34.2. The molecule has 1 aliphatic heterocycles. The Kier molecular flexibility index (Phi) is 9.89. The summed E-state index contributed by atoms with van der Waals surface area (Å²) in [7, 11) is 1.29. The van der Waals surface area contributed by atoms with Gasteiger partial charge in [-0.3, -0.25) is 9.80 Å². The lowest BCUT2D eigenvalue weighted by Crippen LogP contribution is -2.58. The number of nitrogens with zero attached hydrogens (tertiary/aromatic N) is 5. The van der Waals surface area contributed by atoms with Crippen LogP contribution in [0.5, 0.6) is 5.88 Å². The lowest BCUT2D eigenvalue weighted by Gasteiger charge is -2.43. The lowest BCUT2D eigenvalue weighted by molar-refractivity contribution is 0.0191. The number of piperazine rings is 1. The third-order valence-electron chi connectivity index (χ3n) is 6.04. The van der Waals surface area contributed by atoms with E-state index >= 15 is 0 Å². The third kappa shape index (κ3) is 7.33. The van der Waals surface area contributed by atoms with Gasteiger partial charge in [0.25, 0.3) is 0 Å². The van der Waals surface area contributed by atoms with E-state index < -0.39 is 6.09 Å². The summed E-state index contributed by atoms with van der Waals surface area (Å²) < 4.78 is 16.1. The molecule has 2 atom stereocenters. The van der Waals surface area contributed by atoms with E-state index in [1.54, 1.807) is 17.0 Å². The molecule has 0 N–H and O–H groups in total. The van der Waals surface area contributed by atoms with Gasteiger partial charge in [-0.15, -0.1) is 0 Å². The minimum absolute atomic E-state index is 0.144. The number of carbonyl (C=O) groups is 2. The van der Waals surface area contributed by atoms with Crippen LogP contribution in [0.1, 0.15) is 25.8 Å². The highest BCUT2D eigenvalue weighted by molar-refractivity contribution is 5.87. The Hall–Kier alpha value is -3.84. The molecule has 2 aromatic rings. The second-order valence-electron chi connectivity index (χ2n) is 8.61. The molecule has 1 fully saturated rings. The summed E-state index contributed by atoms with van der Waals surface area (Å²) in [5.41, 5.74) is 1.49. The van der Waals surface area contributed by atoms with E-state index in [-0.39, 0.29) is 37.7 Å². The first-order chi connectivity index (χ1) is 17.4. The van der Waals surface area contributed by atoms with E-state index in [4.69, 9.17) is 19.5 Å². The Morgan fingerprint density at radius 2 is 1.86 bits per heavy atom. The number of anilines is 1. The maximum Gasteiger partial charge on any atom is 0.414 e. The van der Waals surface area contributed by atoms with Gasteiger partial charge in [-0.05, 0) is 25.5 Å². The number of hydrogen-bond donors (Lipinski definition) is 0. The van der Waals surface area contributed by atoms with Crippen LogP contribution in [0.4, 0.5) is 15.3 Å². The molecule has 2 heterocycles. The van der Waals surface area contributed by atoms with Gasteiger partial charge in [0.2, 0.25) is 5.88 Å². The maximum absolute atomic E-state index is 12.6. The van der Waals surface area contributed by atoms with Gasteiger partial charge in [0.1, 0.15) is 13.2 Å². The van der Waals surface area contributed by atoms with Crippen molar-refractivity contribution in [1.29, 1.82) is 5.26 Å². The van der Waals surface area contributed by atoms with Gasteiger partial charge < -0.3 is 19.1 Å². The molecule has 0 aliphatic carbocycles. The summed E-state index contributed by atoms with van der Waals surface area (Å²) in [6.45, 7) is 6.91. The van der Waals surface area contributed by atoms with Gasteiger partial charge in [0.05, 0.1) is 31.5 Å². The van der Waals surface area contributed by atoms with E-state index in [0.717, 1.165) is 5.56 Å². The molecule has 10 nitrogen and oxygen atoms in total. The fourth-order valence-corrected chi connectivity index (χ4v) is 4.23. The molecule has 3 rings (SSSR count). The lowest BCUT2D eigenvalue weighted by atomic mass is 10.1. The molecule has 0 spiro atoms.